The zero-order chi connectivity index (χ0) is 12.1. The Bertz CT molecular complexity index is 322. The normalized spacial score (nSPS) is 21.6. The molecule has 1 aromatic rings. The van der Waals surface area contributed by atoms with Gasteiger partial charge in [0.25, 0.3) is 0 Å². The monoisotopic (exact) mass is 231 g/mol. The van der Waals surface area contributed by atoms with E-state index in [-0.39, 0.29) is 0 Å². The number of hydrogen-bond acceptors (Lipinski definition) is 1. The molecule has 17 heavy (non-hydrogen) atoms. The highest BCUT2D eigenvalue weighted by molar-refractivity contribution is 5.25. The Morgan fingerprint density at radius 1 is 1.29 bits per heavy atom. The molecule has 1 nitrogen and oxygen atoms in total. The summed E-state index contributed by atoms with van der Waals surface area (Å²) in [6.07, 6.45) is 5.18. The Morgan fingerprint density at radius 2 is 2.06 bits per heavy atom. The smallest absolute Gasteiger partial charge is 0.00199 e. The lowest BCUT2D eigenvalue weighted by Gasteiger charge is -2.11. The Balaban J connectivity index is 1.84. The first-order valence-electron chi connectivity index (χ1n) is 7.09. The molecule has 0 radical (unpaired) electrons. The summed E-state index contributed by atoms with van der Waals surface area (Å²) >= 11 is 0. The van der Waals surface area contributed by atoms with Crippen LogP contribution < -0.4 is 5.32 Å². The zero-order valence-corrected chi connectivity index (χ0v) is 11.2. The van der Waals surface area contributed by atoms with Gasteiger partial charge in [-0.2, -0.15) is 0 Å². The second-order valence-electron chi connectivity index (χ2n) is 5.45. The first kappa shape index (κ1) is 12.6. The van der Waals surface area contributed by atoms with Crippen LogP contribution >= 0.6 is 0 Å². The van der Waals surface area contributed by atoms with Gasteiger partial charge in [0.1, 0.15) is 0 Å². The van der Waals surface area contributed by atoms with E-state index in [4.69, 9.17) is 0 Å². The van der Waals surface area contributed by atoms with Crippen LogP contribution in [0.4, 0.5) is 0 Å². The molecule has 0 bridgehead atoms. The lowest BCUT2D eigenvalue weighted by Crippen LogP contribution is -2.09. The third-order valence-corrected chi connectivity index (χ3v) is 4.16. The van der Waals surface area contributed by atoms with Gasteiger partial charge in [0, 0.05) is 0 Å². The fourth-order valence-corrected chi connectivity index (χ4v) is 2.58. The summed E-state index contributed by atoms with van der Waals surface area (Å²) in [6, 6.07) is 9.28. The fraction of sp³-hybridized carbons (Fsp3) is 0.625. The van der Waals surface area contributed by atoms with Crippen molar-refractivity contribution in [3.63, 3.8) is 0 Å². The van der Waals surface area contributed by atoms with Crippen molar-refractivity contribution in [2.45, 2.75) is 45.4 Å². The minimum atomic E-state index is 0.697. The van der Waals surface area contributed by atoms with Crippen molar-refractivity contribution in [3.8, 4) is 0 Å². The van der Waals surface area contributed by atoms with E-state index in [1.807, 2.05) is 0 Å². The fourth-order valence-electron chi connectivity index (χ4n) is 2.58. The van der Waals surface area contributed by atoms with Crippen LogP contribution in [0.3, 0.4) is 0 Å². The minimum Gasteiger partial charge on any atom is -0.316 e. The van der Waals surface area contributed by atoms with E-state index >= 15 is 0 Å². The molecule has 1 aliphatic rings. The molecule has 1 aliphatic heterocycles. The topological polar surface area (TPSA) is 12.0 Å². The molecule has 1 N–H and O–H groups in total. The van der Waals surface area contributed by atoms with Gasteiger partial charge in [-0.3, -0.25) is 0 Å². The quantitative estimate of drug-likeness (QED) is 0.814. The highest BCUT2D eigenvalue weighted by atomic mass is 14.9. The van der Waals surface area contributed by atoms with Crippen LogP contribution in [0.2, 0.25) is 0 Å². The average molecular weight is 231 g/mol. The van der Waals surface area contributed by atoms with E-state index < -0.39 is 0 Å². The summed E-state index contributed by atoms with van der Waals surface area (Å²) in [5.41, 5.74) is 2.99. The standard InChI is InChI=1S/C16H25N/c1-3-13(2)16-8-6-14(7-9-16)4-5-15-10-11-17-12-15/h6-9,13,15,17H,3-5,10-12H2,1-2H3. The third-order valence-electron chi connectivity index (χ3n) is 4.16. The zero-order valence-electron chi connectivity index (χ0n) is 11.2. The van der Waals surface area contributed by atoms with Crippen molar-refractivity contribution in [3.05, 3.63) is 35.4 Å². The third kappa shape index (κ3) is 3.57. The molecule has 0 saturated carbocycles. The molecule has 0 aliphatic carbocycles. The summed E-state index contributed by atoms with van der Waals surface area (Å²) in [7, 11) is 0. The van der Waals surface area contributed by atoms with Crippen molar-refractivity contribution in [1.82, 2.24) is 5.32 Å². The Hall–Kier alpha value is -0.820. The summed E-state index contributed by atoms with van der Waals surface area (Å²) in [5, 5.41) is 3.44. The second-order valence-corrected chi connectivity index (χ2v) is 5.45. The maximum atomic E-state index is 3.44. The van der Waals surface area contributed by atoms with Crippen molar-refractivity contribution in [2.75, 3.05) is 13.1 Å². The lowest BCUT2D eigenvalue weighted by atomic mass is 9.95. The molecule has 1 saturated heterocycles. The van der Waals surface area contributed by atoms with Crippen LogP contribution in [-0.4, -0.2) is 13.1 Å². The summed E-state index contributed by atoms with van der Waals surface area (Å²) < 4.78 is 0. The van der Waals surface area contributed by atoms with Gasteiger partial charge in [0.05, 0.1) is 0 Å². The molecule has 1 heteroatoms. The van der Waals surface area contributed by atoms with Crippen LogP contribution in [0.15, 0.2) is 24.3 Å². The van der Waals surface area contributed by atoms with Gasteiger partial charge in [0.15, 0.2) is 0 Å². The van der Waals surface area contributed by atoms with E-state index in [9.17, 15) is 0 Å². The molecule has 0 spiro atoms. The van der Waals surface area contributed by atoms with Gasteiger partial charge in [0.2, 0.25) is 0 Å². The van der Waals surface area contributed by atoms with E-state index in [1.54, 1.807) is 0 Å². The van der Waals surface area contributed by atoms with E-state index in [2.05, 4.69) is 43.4 Å². The van der Waals surface area contributed by atoms with Crippen LogP contribution in [0.5, 0.6) is 0 Å². The van der Waals surface area contributed by atoms with Gasteiger partial charge in [-0.15, -0.1) is 0 Å². The van der Waals surface area contributed by atoms with E-state index in [0.717, 1.165) is 5.92 Å². The summed E-state index contributed by atoms with van der Waals surface area (Å²) in [4.78, 5) is 0. The molecule has 1 aromatic carbocycles. The lowest BCUT2D eigenvalue weighted by molar-refractivity contribution is 0.533. The molecular weight excluding hydrogens is 206 g/mol. The summed E-state index contributed by atoms with van der Waals surface area (Å²) in [6.45, 7) is 7.01. The largest absolute Gasteiger partial charge is 0.316 e. The molecular formula is C16H25N. The van der Waals surface area contributed by atoms with Crippen LogP contribution in [0, 0.1) is 5.92 Å². The number of rotatable bonds is 5. The number of nitrogens with one attached hydrogen (secondary N) is 1. The molecule has 94 valence electrons. The first-order valence-corrected chi connectivity index (χ1v) is 7.09. The molecule has 0 amide bonds. The Kier molecular flexibility index (Phi) is 4.61. The molecule has 0 aromatic heterocycles. The van der Waals surface area contributed by atoms with E-state index in [1.165, 1.54) is 49.9 Å². The van der Waals surface area contributed by atoms with Crippen LogP contribution in [-0.2, 0) is 6.42 Å². The first-order chi connectivity index (χ1) is 8.29. The maximum Gasteiger partial charge on any atom is -0.00199 e. The minimum absolute atomic E-state index is 0.697. The maximum absolute atomic E-state index is 3.44. The Labute approximate surface area is 106 Å². The number of benzene rings is 1. The average Bonchev–Trinajstić information content (AvgIpc) is 2.89. The number of aryl methyl sites for hydroxylation is 1. The van der Waals surface area contributed by atoms with Crippen molar-refractivity contribution in [2.24, 2.45) is 5.92 Å². The van der Waals surface area contributed by atoms with Gasteiger partial charge >= 0.3 is 0 Å². The molecule has 1 fully saturated rings. The van der Waals surface area contributed by atoms with Gasteiger partial charge in [-0.1, -0.05) is 38.1 Å². The summed E-state index contributed by atoms with van der Waals surface area (Å²) in [5.74, 6) is 1.60. The number of hydrogen-bond donors (Lipinski definition) is 1. The molecule has 2 rings (SSSR count). The van der Waals surface area contributed by atoms with Gasteiger partial charge in [-0.25, -0.2) is 0 Å². The van der Waals surface area contributed by atoms with Gasteiger partial charge in [-0.05, 0) is 61.7 Å². The van der Waals surface area contributed by atoms with Crippen molar-refractivity contribution in [1.29, 1.82) is 0 Å². The van der Waals surface area contributed by atoms with Crippen molar-refractivity contribution >= 4 is 0 Å². The van der Waals surface area contributed by atoms with Crippen LogP contribution in [0.1, 0.15) is 50.2 Å². The Morgan fingerprint density at radius 3 is 2.65 bits per heavy atom. The molecule has 2 unspecified atom stereocenters. The van der Waals surface area contributed by atoms with Crippen molar-refractivity contribution < 1.29 is 0 Å². The molecule has 1 heterocycles. The predicted octanol–water partition coefficient (Wildman–Crippen LogP) is 3.74. The van der Waals surface area contributed by atoms with Gasteiger partial charge < -0.3 is 5.32 Å². The predicted molar refractivity (Wildman–Crippen MR) is 74.4 cm³/mol. The highest BCUT2D eigenvalue weighted by Gasteiger charge is 2.13. The highest BCUT2D eigenvalue weighted by Crippen LogP contribution is 2.20. The van der Waals surface area contributed by atoms with E-state index in [0.29, 0.717) is 5.92 Å². The second kappa shape index (κ2) is 6.20. The molecule has 2 atom stereocenters. The SMILES string of the molecule is CCC(C)c1ccc(CCC2CCNC2)cc1. The van der Waals surface area contributed by atoms with Crippen LogP contribution in [0.25, 0.3) is 0 Å².